The van der Waals surface area contributed by atoms with Gasteiger partial charge in [-0.25, -0.2) is 17.5 Å². The normalized spacial score (nSPS) is 19.0. The Morgan fingerprint density at radius 3 is 2.46 bits per heavy atom. The van der Waals surface area contributed by atoms with Gasteiger partial charge in [0.2, 0.25) is 10.0 Å². The van der Waals surface area contributed by atoms with Crippen LogP contribution in [0.15, 0.2) is 24.3 Å². The molecule has 2 aliphatic rings. The van der Waals surface area contributed by atoms with Gasteiger partial charge in [0, 0.05) is 19.1 Å². The number of rotatable bonds is 7. The summed E-state index contributed by atoms with van der Waals surface area (Å²) in [6.45, 7) is 2.13. The molecule has 0 amide bonds. The highest BCUT2D eigenvalue weighted by molar-refractivity contribution is 7.88. The first-order chi connectivity index (χ1) is 12.0. The van der Waals surface area contributed by atoms with Crippen molar-refractivity contribution in [1.82, 2.24) is 9.62 Å². The summed E-state index contributed by atoms with van der Waals surface area (Å²) < 4.78 is 31.8. The lowest BCUT2D eigenvalue weighted by Crippen LogP contribution is -2.45. The third kappa shape index (κ3) is 5.42. The van der Waals surface area contributed by atoms with Crippen LogP contribution in [-0.2, 0) is 20.5 Å². The van der Waals surface area contributed by atoms with Crippen LogP contribution < -0.4 is 5.32 Å². The van der Waals surface area contributed by atoms with Crippen LogP contribution in [0.5, 0.6) is 0 Å². The van der Waals surface area contributed by atoms with E-state index in [9.17, 15) is 13.2 Å². The molecule has 6 nitrogen and oxygen atoms in total. The Morgan fingerprint density at radius 2 is 1.85 bits per heavy atom. The number of piperidine rings is 1. The van der Waals surface area contributed by atoms with Crippen molar-refractivity contribution in [2.75, 3.05) is 26.7 Å². The van der Waals surface area contributed by atoms with Gasteiger partial charge in [-0.15, -0.1) is 12.4 Å². The molecule has 146 valence electrons. The van der Waals surface area contributed by atoms with Crippen molar-refractivity contribution in [3.63, 3.8) is 0 Å². The SMILES string of the molecule is COC(=O)c1ccccc1CS(=O)(=O)N1CCC(NCC2CC2)CC1.Cl. The minimum atomic E-state index is -3.45. The number of hydrogen-bond donors (Lipinski definition) is 1. The van der Waals surface area contributed by atoms with E-state index < -0.39 is 16.0 Å². The van der Waals surface area contributed by atoms with Crippen LogP contribution in [0, 0.1) is 5.92 Å². The second-order valence-corrected chi connectivity index (χ2v) is 8.90. The van der Waals surface area contributed by atoms with Gasteiger partial charge in [-0.3, -0.25) is 0 Å². The van der Waals surface area contributed by atoms with E-state index in [1.54, 1.807) is 28.6 Å². The van der Waals surface area contributed by atoms with Crippen molar-refractivity contribution in [2.45, 2.75) is 37.5 Å². The van der Waals surface area contributed by atoms with E-state index in [0.717, 1.165) is 25.3 Å². The Bertz CT molecular complexity index is 714. The number of ether oxygens (including phenoxy) is 1. The van der Waals surface area contributed by atoms with E-state index in [0.29, 0.717) is 30.3 Å². The van der Waals surface area contributed by atoms with E-state index in [2.05, 4.69) is 5.32 Å². The Labute approximate surface area is 161 Å². The quantitative estimate of drug-likeness (QED) is 0.707. The van der Waals surface area contributed by atoms with Gasteiger partial charge in [0.05, 0.1) is 18.4 Å². The fraction of sp³-hybridized carbons (Fsp3) is 0.611. The van der Waals surface area contributed by atoms with Gasteiger partial charge in [0.25, 0.3) is 0 Å². The van der Waals surface area contributed by atoms with Crippen LogP contribution in [0.4, 0.5) is 0 Å². The number of benzene rings is 1. The zero-order valence-corrected chi connectivity index (χ0v) is 16.7. The Balaban J connectivity index is 0.00000243. The van der Waals surface area contributed by atoms with Gasteiger partial charge in [0.1, 0.15) is 0 Å². The maximum atomic E-state index is 12.8. The number of esters is 1. The van der Waals surface area contributed by atoms with Crippen molar-refractivity contribution in [2.24, 2.45) is 5.92 Å². The van der Waals surface area contributed by atoms with Gasteiger partial charge in [0.15, 0.2) is 0 Å². The minimum Gasteiger partial charge on any atom is -0.465 e. The zero-order chi connectivity index (χ0) is 17.9. The predicted octanol–water partition coefficient (Wildman–Crippen LogP) is 2.19. The average Bonchev–Trinajstić information content (AvgIpc) is 3.44. The van der Waals surface area contributed by atoms with Gasteiger partial charge in [-0.2, -0.15) is 0 Å². The first-order valence-corrected chi connectivity index (χ1v) is 10.5. The van der Waals surface area contributed by atoms with Gasteiger partial charge in [-0.1, -0.05) is 18.2 Å². The van der Waals surface area contributed by atoms with Gasteiger partial charge >= 0.3 is 5.97 Å². The lowest BCUT2D eigenvalue weighted by atomic mass is 10.1. The standard InChI is InChI=1S/C18H26N2O4S.ClH/c1-24-18(21)17-5-3-2-4-15(17)13-25(22,23)20-10-8-16(9-11-20)19-12-14-6-7-14;/h2-5,14,16,19H,6-13H2,1H3;1H. The van der Waals surface area contributed by atoms with Crippen LogP contribution in [0.2, 0.25) is 0 Å². The first-order valence-electron chi connectivity index (χ1n) is 8.87. The average molecular weight is 403 g/mol. The van der Waals surface area contributed by atoms with E-state index in [1.165, 1.54) is 20.0 Å². The first kappa shape index (κ1) is 21.2. The number of sulfonamides is 1. The van der Waals surface area contributed by atoms with Crippen molar-refractivity contribution >= 4 is 28.4 Å². The second kappa shape index (κ2) is 9.17. The molecule has 1 aromatic rings. The lowest BCUT2D eigenvalue weighted by molar-refractivity contribution is 0.0600. The minimum absolute atomic E-state index is 0. The number of methoxy groups -OCH3 is 1. The van der Waals surface area contributed by atoms with E-state index >= 15 is 0 Å². The Morgan fingerprint density at radius 1 is 1.19 bits per heavy atom. The molecule has 26 heavy (non-hydrogen) atoms. The second-order valence-electron chi connectivity index (χ2n) is 6.93. The fourth-order valence-corrected chi connectivity index (χ4v) is 4.83. The summed E-state index contributed by atoms with van der Waals surface area (Å²) in [4.78, 5) is 11.8. The molecule has 0 spiro atoms. The van der Waals surface area contributed by atoms with E-state index in [1.807, 2.05) is 0 Å². The molecule has 1 heterocycles. The van der Waals surface area contributed by atoms with Crippen LogP contribution in [0.3, 0.4) is 0 Å². The highest BCUT2D eigenvalue weighted by Crippen LogP contribution is 2.28. The summed E-state index contributed by atoms with van der Waals surface area (Å²) in [7, 11) is -2.15. The van der Waals surface area contributed by atoms with Crippen LogP contribution in [0.1, 0.15) is 41.6 Å². The molecule has 1 N–H and O–H groups in total. The number of carbonyl (C=O) groups is 1. The molecule has 1 aliphatic carbocycles. The van der Waals surface area contributed by atoms with Crippen molar-refractivity contribution in [3.05, 3.63) is 35.4 Å². The van der Waals surface area contributed by atoms with Crippen LogP contribution in [0.25, 0.3) is 0 Å². The number of carbonyl (C=O) groups excluding carboxylic acids is 1. The van der Waals surface area contributed by atoms with Crippen LogP contribution in [-0.4, -0.2) is 51.5 Å². The molecule has 2 fully saturated rings. The van der Waals surface area contributed by atoms with Crippen molar-refractivity contribution < 1.29 is 17.9 Å². The predicted molar refractivity (Wildman–Crippen MR) is 103 cm³/mol. The van der Waals surface area contributed by atoms with E-state index in [4.69, 9.17) is 4.74 Å². The monoisotopic (exact) mass is 402 g/mol. The molecule has 0 atom stereocenters. The highest BCUT2D eigenvalue weighted by atomic mass is 35.5. The Kier molecular flexibility index (Phi) is 7.46. The smallest absolute Gasteiger partial charge is 0.338 e. The van der Waals surface area contributed by atoms with E-state index in [-0.39, 0.29) is 18.2 Å². The largest absolute Gasteiger partial charge is 0.465 e. The third-order valence-corrected chi connectivity index (χ3v) is 6.83. The number of nitrogens with zero attached hydrogens (tertiary/aromatic N) is 1. The molecular weight excluding hydrogens is 376 g/mol. The van der Waals surface area contributed by atoms with Gasteiger partial charge in [-0.05, 0) is 49.8 Å². The van der Waals surface area contributed by atoms with Crippen LogP contribution >= 0.6 is 12.4 Å². The van der Waals surface area contributed by atoms with Gasteiger partial charge < -0.3 is 10.1 Å². The molecule has 0 aromatic heterocycles. The molecular formula is C18H27ClN2O4S. The number of hydrogen-bond acceptors (Lipinski definition) is 5. The molecule has 0 bridgehead atoms. The molecule has 1 saturated heterocycles. The molecule has 8 heteroatoms. The highest BCUT2D eigenvalue weighted by Gasteiger charge is 2.30. The lowest BCUT2D eigenvalue weighted by Gasteiger charge is -2.32. The maximum absolute atomic E-state index is 12.8. The molecule has 0 radical (unpaired) electrons. The molecule has 3 rings (SSSR count). The molecule has 0 unspecified atom stereocenters. The Hall–Kier alpha value is -1.15. The molecule has 1 aliphatic heterocycles. The fourth-order valence-electron chi connectivity index (χ4n) is 3.24. The summed E-state index contributed by atoms with van der Waals surface area (Å²) in [5.74, 6) is 0.156. The summed E-state index contributed by atoms with van der Waals surface area (Å²) in [6.07, 6.45) is 4.31. The summed E-state index contributed by atoms with van der Waals surface area (Å²) in [6, 6.07) is 7.14. The summed E-state index contributed by atoms with van der Waals surface area (Å²) in [5, 5.41) is 3.55. The van der Waals surface area contributed by atoms with Crippen molar-refractivity contribution in [1.29, 1.82) is 0 Å². The zero-order valence-electron chi connectivity index (χ0n) is 15.0. The van der Waals surface area contributed by atoms with Crippen molar-refractivity contribution in [3.8, 4) is 0 Å². The molecule has 1 aromatic carbocycles. The number of nitrogens with one attached hydrogen (secondary N) is 1. The molecule has 1 saturated carbocycles. The maximum Gasteiger partial charge on any atom is 0.338 e. The number of halogens is 1. The summed E-state index contributed by atoms with van der Waals surface area (Å²) >= 11 is 0. The summed E-state index contributed by atoms with van der Waals surface area (Å²) in [5.41, 5.74) is 0.804. The topological polar surface area (TPSA) is 75.7 Å². The third-order valence-electron chi connectivity index (χ3n) is 5.00.